The van der Waals surface area contributed by atoms with Crippen LogP contribution in [-0.4, -0.2) is 38.3 Å². The van der Waals surface area contributed by atoms with Crippen molar-refractivity contribution >= 4 is 58.3 Å². The molecule has 0 aliphatic carbocycles. The summed E-state index contributed by atoms with van der Waals surface area (Å²) in [6, 6.07) is 10.2. The minimum atomic E-state index is -4.81. The lowest BCUT2D eigenvalue weighted by Gasteiger charge is -2.19. The largest absolute Gasteiger partial charge is 0.485 e. The van der Waals surface area contributed by atoms with Crippen molar-refractivity contribution in [1.29, 1.82) is 0 Å². The molecule has 0 heterocycles. The first-order valence-electron chi connectivity index (χ1n) is 9.55. The summed E-state index contributed by atoms with van der Waals surface area (Å²) in [6.45, 7) is 5.14. The van der Waals surface area contributed by atoms with Gasteiger partial charge in [0.05, 0.1) is 0 Å². The summed E-state index contributed by atoms with van der Waals surface area (Å²) in [5, 5.41) is 2.08. The van der Waals surface area contributed by atoms with Crippen LogP contribution < -0.4 is 4.74 Å². The summed E-state index contributed by atoms with van der Waals surface area (Å²) in [5.74, 6) is 0.237. The van der Waals surface area contributed by atoms with Crippen molar-refractivity contribution in [2.75, 3.05) is 6.61 Å². The van der Waals surface area contributed by atoms with Gasteiger partial charge in [-0.15, -0.1) is 0 Å². The van der Waals surface area contributed by atoms with Crippen LogP contribution in [0.3, 0.4) is 0 Å². The van der Waals surface area contributed by atoms with Gasteiger partial charge in [-0.2, -0.15) is 16.8 Å². The Morgan fingerprint density at radius 2 is 1.31 bits per heavy atom. The van der Waals surface area contributed by atoms with E-state index in [9.17, 15) is 30.7 Å². The fraction of sp³-hybridized carbons (Fsp3) is 0.227. The molecular weight excluding hydrogens is 456 g/mol. The molecule has 4 rings (SSSR count). The van der Waals surface area contributed by atoms with E-state index in [4.69, 9.17) is 4.74 Å². The molecule has 32 heavy (non-hydrogen) atoms. The molecule has 0 radical (unpaired) electrons. The molecule has 0 amide bonds. The lowest BCUT2D eigenvalue weighted by molar-refractivity contribution is -0.128. The molecule has 0 fully saturated rings. The highest BCUT2D eigenvalue weighted by atomic mass is 32.2. The Labute approximate surface area is 184 Å². The second-order valence-corrected chi connectivity index (χ2v) is 11.4. The van der Waals surface area contributed by atoms with Crippen LogP contribution in [0.15, 0.2) is 52.3 Å². The maximum atomic E-state index is 12.3. The van der Waals surface area contributed by atoms with Crippen LogP contribution in [0.1, 0.15) is 20.8 Å². The highest BCUT2D eigenvalue weighted by Gasteiger charge is 2.26. The maximum absolute atomic E-state index is 12.3. The van der Waals surface area contributed by atoms with Crippen molar-refractivity contribution in [2.45, 2.75) is 30.6 Å². The summed E-state index contributed by atoms with van der Waals surface area (Å²) in [4.78, 5) is 11.0. The van der Waals surface area contributed by atoms with Crippen LogP contribution >= 0.6 is 0 Å². The molecule has 168 valence electrons. The van der Waals surface area contributed by atoms with E-state index in [0.717, 1.165) is 6.07 Å². The van der Waals surface area contributed by atoms with Gasteiger partial charge < -0.3 is 4.74 Å². The molecular formula is C22H20O8S2. The van der Waals surface area contributed by atoms with Gasteiger partial charge >= 0.3 is 0 Å². The summed E-state index contributed by atoms with van der Waals surface area (Å²) in [5.41, 5.74) is -0.599. The molecule has 0 aliphatic heterocycles. The zero-order valence-corrected chi connectivity index (χ0v) is 19.0. The Balaban J connectivity index is 2.09. The number of carbonyl (C=O) groups excluding carboxylic acids is 1. The van der Waals surface area contributed by atoms with Gasteiger partial charge in [0.25, 0.3) is 20.2 Å². The van der Waals surface area contributed by atoms with Crippen molar-refractivity contribution in [3.05, 3.63) is 42.5 Å². The predicted octanol–water partition coefficient (Wildman–Crippen LogP) is 4.07. The molecule has 0 saturated heterocycles. The summed E-state index contributed by atoms with van der Waals surface area (Å²) in [7, 11) is -9.62. The van der Waals surface area contributed by atoms with Crippen molar-refractivity contribution in [3.63, 3.8) is 0 Å². The van der Waals surface area contributed by atoms with Gasteiger partial charge in [-0.05, 0) is 23.6 Å². The van der Waals surface area contributed by atoms with E-state index >= 15 is 0 Å². The molecule has 10 heteroatoms. The van der Waals surface area contributed by atoms with Gasteiger partial charge in [-0.25, -0.2) is 0 Å². The molecule has 0 aromatic heterocycles. The molecule has 0 spiro atoms. The van der Waals surface area contributed by atoms with Crippen LogP contribution in [0.4, 0.5) is 0 Å². The van der Waals surface area contributed by atoms with Gasteiger partial charge in [-0.1, -0.05) is 45.0 Å². The Hall–Kier alpha value is -2.79. The van der Waals surface area contributed by atoms with Crippen molar-refractivity contribution < 1.29 is 35.5 Å². The highest BCUT2D eigenvalue weighted by Crippen LogP contribution is 2.43. The molecule has 2 N–H and O–H groups in total. The molecule has 0 atom stereocenters. The molecule has 0 saturated carbocycles. The Bertz CT molecular complexity index is 1560. The second kappa shape index (κ2) is 7.11. The predicted molar refractivity (Wildman–Crippen MR) is 120 cm³/mol. The lowest BCUT2D eigenvalue weighted by Crippen LogP contribution is -2.26. The van der Waals surface area contributed by atoms with E-state index < -0.39 is 35.4 Å². The van der Waals surface area contributed by atoms with Gasteiger partial charge in [-0.3, -0.25) is 13.9 Å². The monoisotopic (exact) mass is 476 g/mol. The minimum Gasteiger partial charge on any atom is -0.485 e. The fourth-order valence-corrected chi connectivity index (χ4v) is 5.22. The van der Waals surface area contributed by atoms with Crippen LogP contribution in [0.25, 0.3) is 32.3 Å². The number of hydrogen-bond donors (Lipinski definition) is 2. The van der Waals surface area contributed by atoms with Crippen molar-refractivity contribution in [1.82, 2.24) is 0 Å². The quantitative estimate of drug-likeness (QED) is 0.325. The van der Waals surface area contributed by atoms with E-state index in [2.05, 4.69) is 0 Å². The van der Waals surface area contributed by atoms with E-state index in [1.807, 2.05) is 0 Å². The van der Waals surface area contributed by atoms with Crippen molar-refractivity contribution in [2.24, 2.45) is 5.41 Å². The Morgan fingerprint density at radius 3 is 1.84 bits per heavy atom. The first kappa shape index (κ1) is 22.4. The topological polar surface area (TPSA) is 135 Å². The molecule has 0 bridgehead atoms. The van der Waals surface area contributed by atoms with Crippen LogP contribution in [0.2, 0.25) is 0 Å². The molecule has 8 nitrogen and oxygen atoms in total. The Kier molecular flexibility index (Phi) is 4.98. The SMILES string of the molecule is CC(C)(C)C(=O)COc1ccc2ccc3c(S(=O)(=O)O)cc(S(=O)(=O)O)c4ccc1c2c34. The summed E-state index contributed by atoms with van der Waals surface area (Å²) in [6.07, 6.45) is 0. The standard InChI is InChI=1S/C22H20O8S2/c1-22(2,3)19(23)11-30-16-9-5-12-4-6-14-17(31(24,25)26)10-18(32(27,28)29)15-8-7-13(16)20(12)21(14)15/h4-10H,11H2,1-3H3,(H,24,25,26)(H,27,28,29). The third kappa shape index (κ3) is 3.69. The van der Waals surface area contributed by atoms with E-state index in [1.165, 1.54) is 12.1 Å². The number of benzene rings is 4. The van der Waals surface area contributed by atoms with E-state index in [-0.39, 0.29) is 28.5 Å². The number of hydrogen-bond acceptors (Lipinski definition) is 6. The summed E-state index contributed by atoms with van der Waals surface area (Å²) >= 11 is 0. The van der Waals surface area contributed by atoms with Gasteiger partial charge in [0.15, 0.2) is 5.78 Å². The van der Waals surface area contributed by atoms with Crippen LogP contribution in [-0.2, 0) is 25.0 Å². The number of Topliss-reactive ketones (excluding diaryl/α,β-unsaturated/α-hetero) is 1. The zero-order valence-electron chi connectivity index (χ0n) is 17.4. The number of carbonyl (C=O) groups is 1. The third-order valence-electron chi connectivity index (χ3n) is 5.42. The van der Waals surface area contributed by atoms with Gasteiger partial charge in [0.2, 0.25) is 0 Å². The molecule has 0 aliphatic rings. The van der Waals surface area contributed by atoms with E-state index in [1.54, 1.807) is 45.0 Å². The maximum Gasteiger partial charge on any atom is 0.295 e. The number of ketones is 1. The third-order valence-corrected chi connectivity index (χ3v) is 7.20. The van der Waals surface area contributed by atoms with Gasteiger partial charge in [0.1, 0.15) is 22.1 Å². The molecule has 4 aromatic rings. The fourth-order valence-electron chi connectivity index (χ4n) is 3.72. The molecule has 4 aromatic carbocycles. The normalized spacial score (nSPS) is 13.3. The first-order chi connectivity index (χ1) is 14.7. The summed E-state index contributed by atoms with van der Waals surface area (Å²) < 4.78 is 73.3. The smallest absolute Gasteiger partial charge is 0.295 e. The first-order valence-corrected chi connectivity index (χ1v) is 12.4. The number of rotatable bonds is 5. The van der Waals surface area contributed by atoms with Gasteiger partial charge in [0, 0.05) is 32.3 Å². The zero-order chi connectivity index (χ0) is 23.6. The number of ether oxygens (including phenoxy) is 1. The van der Waals surface area contributed by atoms with Crippen LogP contribution in [0, 0.1) is 5.41 Å². The van der Waals surface area contributed by atoms with E-state index in [0.29, 0.717) is 21.9 Å². The average molecular weight is 477 g/mol. The highest BCUT2D eigenvalue weighted by molar-refractivity contribution is 7.87. The molecule has 0 unspecified atom stereocenters. The van der Waals surface area contributed by atoms with Crippen LogP contribution in [0.5, 0.6) is 5.75 Å². The minimum absolute atomic E-state index is 0.0934. The lowest BCUT2D eigenvalue weighted by atomic mass is 9.91. The second-order valence-electron chi connectivity index (χ2n) is 8.60. The average Bonchev–Trinajstić information content (AvgIpc) is 2.67. The van der Waals surface area contributed by atoms with Crippen molar-refractivity contribution in [3.8, 4) is 5.75 Å². The Morgan fingerprint density at radius 1 is 0.812 bits per heavy atom.